The van der Waals surface area contributed by atoms with Crippen LogP contribution < -0.4 is 5.32 Å². The molecule has 1 atom stereocenters. The van der Waals surface area contributed by atoms with E-state index in [2.05, 4.69) is 10.5 Å². The second kappa shape index (κ2) is 5.27. The van der Waals surface area contributed by atoms with Crippen molar-refractivity contribution in [1.29, 1.82) is 0 Å². The first-order chi connectivity index (χ1) is 8.99. The van der Waals surface area contributed by atoms with Crippen molar-refractivity contribution in [2.24, 2.45) is 0 Å². The standard InChI is InChI=1S/C13H16N2O4/c1-7(12-8(2)15-19-9(12)3)14-5-11-4-10(6-18-11)13(16)17/h4,6-7,14H,5H2,1-3H3,(H,16,17). The van der Waals surface area contributed by atoms with Gasteiger partial charge in [0, 0.05) is 11.6 Å². The lowest BCUT2D eigenvalue weighted by atomic mass is 10.1. The first-order valence-corrected chi connectivity index (χ1v) is 5.96. The van der Waals surface area contributed by atoms with Gasteiger partial charge in [-0.05, 0) is 26.8 Å². The number of hydrogen-bond donors (Lipinski definition) is 2. The number of nitrogens with zero attached hydrogens (tertiary/aromatic N) is 1. The van der Waals surface area contributed by atoms with Gasteiger partial charge in [-0.3, -0.25) is 0 Å². The fourth-order valence-electron chi connectivity index (χ4n) is 2.05. The highest BCUT2D eigenvalue weighted by Crippen LogP contribution is 2.21. The van der Waals surface area contributed by atoms with Crippen LogP contribution >= 0.6 is 0 Å². The lowest BCUT2D eigenvalue weighted by Crippen LogP contribution is -2.18. The predicted octanol–water partition coefficient (Wildman–Crippen LogP) is 2.43. The van der Waals surface area contributed by atoms with Crippen LogP contribution in [-0.2, 0) is 6.54 Å². The Balaban J connectivity index is 2.00. The number of nitrogens with one attached hydrogen (secondary N) is 1. The largest absolute Gasteiger partial charge is 0.478 e. The molecule has 0 saturated carbocycles. The summed E-state index contributed by atoms with van der Waals surface area (Å²) in [4.78, 5) is 10.7. The first-order valence-electron chi connectivity index (χ1n) is 5.96. The maximum Gasteiger partial charge on any atom is 0.338 e. The molecule has 0 aliphatic heterocycles. The third kappa shape index (κ3) is 2.85. The summed E-state index contributed by atoms with van der Waals surface area (Å²) < 4.78 is 10.3. The van der Waals surface area contributed by atoms with Crippen molar-refractivity contribution in [1.82, 2.24) is 10.5 Å². The van der Waals surface area contributed by atoms with Gasteiger partial charge < -0.3 is 19.4 Å². The second-order valence-electron chi connectivity index (χ2n) is 4.45. The van der Waals surface area contributed by atoms with E-state index in [4.69, 9.17) is 14.0 Å². The minimum absolute atomic E-state index is 0.0460. The van der Waals surface area contributed by atoms with Crippen molar-refractivity contribution in [2.45, 2.75) is 33.4 Å². The molecule has 0 bridgehead atoms. The third-order valence-electron chi connectivity index (χ3n) is 3.00. The predicted molar refractivity (Wildman–Crippen MR) is 66.9 cm³/mol. The van der Waals surface area contributed by atoms with Crippen molar-refractivity contribution < 1.29 is 18.8 Å². The Kier molecular flexibility index (Phi) is 3.71. The van der Waals surface area contributed by atoms with Gasteiger partial charge >= 0.3 is 5.97 Å². The van der Waals surface area contributed by atoms with Gasteiger partial charge in [0.05, 0.1) is 17.8 Å². The van der Waals surface area contributed by atoms with Gasteiger partial charge in [-0.25, -0.2) is 4.79 Å². The van der Waals surface area contributed by atoms with Crippen molar-refractivity contribution >= 4 is 5.97 Å². The Hall–Kier alpha value is -2.08. The SMILES string of the molecule is Cc1noc(C)c1C(C)NCc1cc(C(=O)O)co1. The molecule has 6 heteroatoms. The summed E-state index contributed by atoms with van der Waals surface area (Å²) in [5.74, 6) is 0.368. The molecular weight excluding hydrogens is 248 g/mol. The van der Waals surface area contributed by atoms with Crippen LogP contribution in [0.3, 0.4) is 0 Å². The van der Waals surface area contributed by atoms with Crippen LogP contribution in [0.2, 0.25) is 0 Å². The zero-order valence-electron chi connectivity index (χ0n) is 11.1. The van der Waals surface area contributed by atoms with Crippen LogP contribution in [0.1, 0.15) is 46.1 Å². The summed E-state index contributed by atoms with van der Waals surface area (Å²) >= 11 is 0. The maximum absolute atomic E-state index is 10.7. The van der Waals surface area contributed by atoms with E-state index >= 15 is 0 Å². The molecule has 6 nitrogen and oxygen atoms in total. The normalized spacial score (nSPS) is 12.6. The van der Waals surface area contributed by atoms with E-state index in [1.54, 1.807) is 0 Å². The smallest absolute Gasteiger partial charge is 0.338 e. The van der Waals surface area contributed by atoms with Gasteiger partial charge in [0.15, 0.2) is 0 Å². The van der Waals surface area contributed by atoms with Crippen LogP contribution in [0.15, 0.2) is 21.3 Å². The molecule has 0 saturated heterocycles. The highest BCUT2D eigenvalue weighted by molar-refractivity contribution is 5.87. The molecule has 0 fully saturated rings. The summed E-state index contributed by atoms with van der Waals surface area (Å²) in [5.41, 5.74) is 2.02. The van der Waals surface area contributed by atoms with Gasteiger partial charge in [0.2, 0.25) is 0 Å². The number of furan rings is 1. The first kappa shape index (κ1) is 13.4. The van der Waals surface area contributed by atoms with Gasteiger partial charge in [-0.15, -0.1) is 0 Å². The average Bonchev–Trinajstić information content (AvgIpc) is 2.94. The molecule has 1 unspecified atom stereocenters. The monoisotopic (exact) mass is 264 g/mol. The number of carboxylic acid groups (broad SMARTS) is 1. The fourth-order valence-corrected chi connectivity index (χ4v) is 2.05. The molecule has 2 aromatic heterocycles. The second-order valence-corrected chi connectivity index (χ2v) is 4.45. The molecule has 2 N–H and O–H groups in total. The molecule has 0 amide bonds. The summed E-state index contributed by atoms with van der Waals surface area (Å²) in [6, 6.07) is 1.56. The number of carbonyl (C=O) groups is 1. The molecule has 2 heterocycles. The van der Waals surface area contributed by atoms with Gasteiger partial charge in [0.1, 0.15) is 17.8 Å². The number of aromatic nitrogens is 1. The average molecular weight is 264 g/mol. The molecule has 0 spiro atoms. The molecule has 102 valence electrons. The van der Waals surface area contributed by atoms with Crippen LogP contribution in [0.4, 0.5) is 0 Å². The third-order valence-corrected chi connectivity index (χ3v) is 3.00. The van der Waals surface area contributed by atoms with Crippen LogP contribution in [0.25, 0.3) is 0 Å². The summed E-state index contributed by atoms with van der Waals surface area (Å²) in [7, 11) is 0. The van der Waals surface area contributed by atoms with Gasteiger partial charge in [-0.2, -0.15) is 0 Å². The quantitative estimate of drug-likeness (QED) is 0.862. The van der Waals surface area contributed by atoms with Crippen molar-refractivity contribution in [3.05, 3.63) is 40.7 Å². The highest BCUT2D eigenvalue weighted by atomic mass is 16.5. The zero-order valence-corrected chi connectivity index (χ0v) is 11.1. The number of aryl methyl sites for hydroxylation is 2. The van der Waals surface area contributed by atoms with Crippen LogP contribution in [0.5, 0.6) is 0 Å². The summed E-state index contributed by atoms with van der Waals surface area (Å²) in [6.07, 6.45) is 1.24. The molecule has 2 rings (SSSR count). The molecule has 0 aromatic carbocycles. The van der Waals surface area contributed by atoms with E-state index in [0.717, 1.165) is 17.0 Å². The summed E-state index contributed by atoms with van der Waals surface area (Å²) in [6.45, 7) is 6.19. The molecule has 0 aliphatic rings. The maximum atomic E-state index is 10.7. The molecule has 0 radical (unpaired) electrons. The molecule has 2 aromatic rings. The Bertz CT molecular complexity index is 566. The van der Waals surface area contributed by atoms with Gasteiger partial charge in [0.25, 0.3) is 0 Å². The Morgan fingerprint density at radius 3 is 2.79 bits per heavy atom. The fraction of sp³-hybridized carbons (Fsp3) is 0.385. The molecule has 0 aliphatic carbocycles. The van der Waals surface area contributed by atoms with E-state index in [9.17, 15) is 4.79 Å². The van der Waals surface area contributed by atoms with E-state index in [1.807, 2.05) is 20.8 Å². The van der Waals surface area contributed by atoms with Crippen LogP contribution in [0, 0.1) is 13.8 Å². The Morgan fingerprint density at radius 1 is 1.53 bits per heavy atom. The van der Waals surface area contributed by atoms with Crippen molar-refractivity contribution in [3.8, 4) is 0 Å². The van der Waals surface area contributed by atoms with E-state index < -0.39 is 5.97 Å². The van der Waals surface area contributed by atoms with E-state index in [0.29, 0.717) is 12.3 Å². The number of carboxylic acids is 1. The Morgan fingerprint density at radius 2 is 2.26 bits per heavy atom. The minimum Gasteiger partial charge on any atom is -0.478 e. The van der Waals surface area contributed by atoms with Crippen molar-refractivity contribution in [2.75, 3.05) is 0 Å². The topological polar surface area (TPSA) is 88.5 Å². The zero-order chi connectivity index (χ0) is 14.0. The minimum atomic E-state index is -0.992. The number of rotatable bonds is 5. The highest BCUT2D eigenvalue weighted by Gasteiger charge is 2.16. The molecule has 19 heavy (non-hydrogen) atoms. The molecular formula is C13H16N2O4. The van der Waals surface area contributed by atoms with Crippen molar-refractivity contribution in [3.63, 3.8) is 0 Å². The number of hydrogen-bond acceptors (Lipinski definition) is 5. The van der Waals surface area contributed by atoms with Gasteiger partial charge in [-0.1, -0.05) is 5.16 Å². The lowest BCUT2D eigenvalue weighted by molar-refractivity contribution is 0.0696. The Labute approximate surface area is 110 Å². The lowest BCUT2D eigenvalue weighted by Gasteiger charge is -2.12. The van der Waals surface area contributed by atoms with E-state index in [-0.39, 0.29) is 11.6 Å². The summed E-state index contributed by atoms with van der Waals surface area (Å²) in [5, 5.41) is 15.9. The van der Waals surface area contributed by atoms with E-state index in [1.165, 1.54) is 12.3 Å². The van der Waals surface area contributed by atoms with Crippen LogP contribution in [-0.4, -0.2) is 16.2 Å². The number of aromatic carboxylic acids is 1.